The number of rotatable bonds is 5. The van der Waals surface area contributed by atoms with Crippen LogP contribution in [0.2, 0.25) is 0 Å². The van der Waals surface area contributed by atoms with Gasteiger partial charge in [0.25, 0.3) is 5.91 Å². The quantitative estimate of drug-likeness (QED) is 0.641. The average molecular weight is 437 g/mol. The Balaban J connectivity index is 1.62. The van der Waals surface area contributed by atoms with Gasteiger partial charge < -0.3 is 14.5 Å². The highest BCUT2D eigenvalue weighted by Gasteiger charge is 2.28. The number of piperidine rings is 1. The Hall–Kier alpha value is -3.15. The van der Waals surface area contributed by atoms with Gasteiger partial charge in [-0.2, -0.15) is 0 Å². The number of hydrogen-bond donors (Lipinski definition) is 0. The molecule has 2 amide bonds. The van der Waals surface area contributed by atoms with Crippen molar-refractivity contribution in [2.75, 3.05) is 26.7 Å². The molecule has 32 heavy (non-hydrogen) atoms. The summed E-state index contributed by atoms with van der Waals surface area (Å²) in [5.41, 5.74) is 0.906. The van der Waals surface area contributed by atoms with Gasteiger partial charge in [-0.25, -0.2) is 4.79 Å². The van der Waals surface area contributed by atoms with Crippen LogP contribution in [0.5, 0.6) is 0 Å². The molecular weight excluding hydrogens is 404 g/mol. The van der Waals surface area contributed by atoms with E-state index in [2.05, 4.69) is 0 Å². The smallest absolute Gasteiger partial charge is 0.410 e. The van der Waals surface area contributed by atoms with Crippen molar-refractivity contribution in [3.8, 4) is 0 Å². The van der Waals surface area contributed by atoms with Gasteiger partial charge in [0.15, 0.2) is 5.78 Å². The highest BCUT2D eigenvalue weighted by molar-refractivity contribution is 6.15. The molecule has 0 aliphatic carbocycles. The van der Waals surface area contributed by atoms with Gasteiger partial charge in [-0.3, -0.25) is 9.59 Å². The van der Waals surface area contributed by atoms with Crippen LogP contribution in [0.25, 0.3) is 0 Å². The zero-order valence-corrected chi connectivity index (χ0v) is 19.3. The molecule has 3 rings (SSSR count). The van der Waals surface area contributed by atoms with Crippen LogP contribution in [0.4, 0.5) is 4.79 Å². The van der Waals surface area contributed by atoms with E-state index in [0.29, 0.717) is 42.2 Å². The summed E-state index contributed by atoms with van der Waals surface area (Å²) >= 11 is 0. The molecule has 6 nitrogen and oxygen atoms in total. The first-order chi connectivity index (χ1) is 15.2. The van der Waals surface area contributed by atoms with E-state index in [1.807, 2.05) is 39.0 Å². The first-order valence-electron chi connectivity index (χ1n) is 11.1. The summed E-state index contributed by atoms with van der Waals surface area (Å²) in [7, 11) is 1.75. The van der Waals surface area contributed by atoms with Gasteiger partial charge in [0.05, 0.1) is 5.56 Å². The second kappa shape index (κ2) is 9.98. The zero-order chi connectivity index (χ0) is 23.3. The van der Waals surface area contributed by atoms with Crippen LogP contribution >= 0.6 is 0 Å². The highest BCUT2D eigenvalue weighted by Crippen LogP contribution is 2.23. The average Bonchev–Trinajstić information content (AvgIpc) is 2.78. The summed E-state index contributed by atoms with van der Waals surface area (Å²) < 4.78 is 5.42. The molecule has 6 heteroatoms. The molecule has 0 radical (unpaired) electrons. The summed E-state index contributed by atoms with van der Waals surface area (Å²) in [5, 5.41) is 0. The molecule has 1 saturated heterocycles. The lowest BCUT2D eigenvalue weighted by Gasteiger charge is -2.34. The Morgan fingerprint density at radius 1 is 0.938 bits per heavy atom. The molecule has 170 valence electrons. The Morgan fingerprint density at radius 3 is 2.09 bits per heavy atom. The van der Waals surface area contributed by atoms with Gasteiger partial charge in [0, 0.05) is 37.8 Å². The zero-order valence-electron chi connectivity index (χ0n) is 19.3. The number of carbonyl (C=O) groups is 3. The third kappa shape index (κ3) is 5.96. The van der Waals surface area contributed by atoms with E-state index in [0.717, 1.165) is 12.8 Å². The van der Waals surface area contributed by atoms with Crippen molar-refractivity contribution in [2.24, 2.45) is 5.92 Å². The molecule has 2 aromatic carbocycles. The Morgan fingerprint density at radius 2 is 1.50 bits per heavy atom. The lowest BCUT2D eigenvalue weighted by atomic mass is 9.94. The fourth-order valence-corrected chi connectivity index (χ4v) is 3.90. The molecule has 0 unspecified atom stereocenters. The van der Waals surface area contributed by atoms with Gasteiger partial charge in [0.2, 0.25) is 0 Å². The second-order valence-electron chi connectivity index (χ2n) is 9.34. The molecule has 0 saturated carbocycles. The predicted octanol–water partition coefficient (Wildman–Crippen LogP) is 4.64. The maximum absolute atomic E-state index is 13.2. The van der Waals surface area contributed by atoms with Crippen molar-refractivity contribution in [2.45, 2.75) is 39.2 Å². The molecule has 0 N–H and O–H groups in total. The van der Waals surface area contributed by atoms with E-state index in [4.69, 9.17) is 4.74 Å². The van der Waals surface area contributed by atoms with Crippen LogP contribution < -0.4 is 0 Å². The first-order valence-corrected chi connectivity index (χ1v) is 11.1. The highest BCUT2D eigenvalue weighted by atomic mass is 16.6. The topological polar surface area (TPSA) is 66.9 Å². The number of ketones is 1. The number of likely N-dealkylation sites (tertiary alicyclic amines) is 1. The number of nitrogens with zero attached hydrogens (tertiary/aromatic N) is 2. The third-order valence-electron chi connectivity index (χ3n) is 5.58. The maximum atomic E-state index is 13.2. The van der Waals surface area contributed by atoms with Gasteiger partial charge in [-0.15, -0.1) is 0 Å². The number of hydrogen-bond acceptors (Lipinski definition) is 4. The van der Waals surface area contributed by atoms with Crippen LogP contribution in [0, 0.1) is 5.92 Å². The van der Waals surface area contributed by atoms with E-state index in [1.165, 1.54) is 0 Å². The summed E-state index contributed by atoms with van der Waals surface area (Å²) in [6, 6.07) is 16.0. The minimum atomic E-state index is -0.522. The minimum absolute atomic E-state index is 0.121. The van der Waals surface area contributed by atoms with E-state index in [-0.39, 0.29) is 17.8 Å². The summed E-state index contributed by atoms with van der Waals surface area (Å²) in [4.78, 5) is 41.8. The van der Waals surface area contributed by atoms with Gasteiger partial charge in [-0.05, 0) is 45.6 Å². The fourth-order valence-electron chi connectivity index (χ4n) is 3.90. The van der Waals surface area contributed by atoms with Crippen molar-refractivity contribution in [3.63, 3.8) is 0 Å². The molecule has 1 heterocycles. The first kappa shape index (κ1) is 23.5. The van der Waals surface area contributed by atoms with E-state index in [9.17, 15) is 14.4 Å². The van der Waals surface area contributed by atoms with Crippen molar-refractivity contribution in [3.05, 3.63) is 71.3 Å². The third-order valence-corrected chi connectivity index (χ3v) is 5.58. The van der Waals surface area contributed by atoms with E-state index >= 15 is 0 Å². The van der Waals surface area contributed by atoms with Crippen molar-refractivity contribution in [1.29, 1.82) is 0 Å². The Bertz CT molecular complexity index is 957. The van der Waals surface area contributed by atoms with Crippen LogP contribution in [0.15, 0.2) is 54.6 Å². The van der Waals surface area contributed by atoms with E-state index < -0.39 is 5.60 Å². The van der Waals surface area contributed by atoms with Crippen LogP contribution in [-0.4, -0.2) is 59.9 Å². The standard InChI is InChI=1S/C26H32N2O4/c1-26(2,3)32-25(31)27(4)18-19-14-16-28(17-15-19)24(30)22-13-9-8-12-21(22)23(29)20-10-6-5-7-11-20/h5-13,19H,14-18H2,1-4H3. The normalized spacial score (nSPS) is 14.7. The molecule has 0 bridgehead atoms. The molecule has 1 aliphatic heterocycles. The predicted molar refractivity (Wildman–Crippen MR) is 124 cm³/mol. The van der Waals surface area contributed by atoms with Crippen molar-refractivity contribution in [1.82, 2.24) is 9.80 Å². The van der Waals surface area contributed by atoms with Crippen molar-refractivity contribution < 1.29 is 19.1 Å². The Labute approximate surface area is 190 Å². The molecule has 0 spiro atoms. The Kier molecular flexibility index (Phi) is 7.33. The lowest BCUT2D eigenvalue weighted by molar-refractivity contribution is 0.0246. The largest absolute Gasteiger partial charge is 0.444 e. The molecule has 1 aliphatic rings. The second-order valence-corrected chi connectivity index (χ2v) is 9.34. The van der Waals surface area contributed by atoms with Crippen LogP contribution in [-0.2, 0) is 4.74 Å². The summed E-state index contributed by atoms with van der Waals surface area (Å²) in [5.74, 6) is 0.0324. The number of amides is 2. The molecule has 0 atom stereocenters. The van der Waals surface area contributed by atoms with Crippen LogP contribution in [0.3, 0.4) is 0 Å². The van der Waals surface area contributed by atoms with Crippen molar-refractivity contribution >= 4 is 17.8 Å². The SMILES string of the molecule is CN(CC1CCN(C(=O)c2ccccc2C(=O)c2ccccc2)CC1)C(=O)OC(C)(C)C. The molecule has 2 aromatic rings. The number of benzene rings is 2. The van der Waals surface area contributed by atoms with Gasteiger partial charge in [0.1, 0.15) is 5.60 Å². The van der Waals surface area contributed by atoms with Gasteiger partial charge in [-0.1, -0.05) is 48.5 Å². The molecular formula is C26H32N2O4. The monoisotopic (exact) mass is 436 g/mol. The summed E-state index contributed by atoms with van der Waals surface area (Å²) in [6.45, 7) is 7.34. The molecule has 0 aromatic heterocycles. The fraction of sp³-hybridized carbons (Fsp3) is 0.423. The maximum Gasteiger partial charge on any atom is 0.410 e. The molecule has 1 fully saturated rings. The van der Waals surface area contributed by atoms with E-state index in [1.54, 1.807) is 53.2 Å². The number of ether oxygens (including phenoxy) is 1. The lowest BCUT2D eigenvalue weighted by Crippen LogP contribution is -2.43. The minimum Gasteiger partial charge on any atom is -0.444 e. The van der Waals surface area contributed by atoms with Crippen LogP contribution in [0.1, 0.15) is 59.9 Å². The van der Waals surface area contributed by atoms with Gasteiger partial charge >= 0.3 is 6.09 Å². The summed E-state index contributed by atoms with van der Waals surface area (Å²) in [6.07, 6.45) is 1.27. The number of carbonyl (C=O) groups excluding carboxylic acids is 3.